The molecule has 0 bridgehead atoms. The van der Waals surface area contributed by atoms with E-state index in [0.29, 0.717) is 30.0 Å². The fraction of sp³-hybridized carbons (Fsp3) is 0.316. The van der Waals surface area contributed by atoms with Gasteiger partial charge in [-0.05, 0) is 51.0 Å². The van der Waals surface area contributed by atoms with Crippen LogP contribution < -0.4 is 10.9 Å². The van der Waals surface area contributed by atoms with Crippen LogP contribution in [0, 0.1) is 26.6 Å². The van der Waals surface area contributed by atoms with Crippen LogP contribution in [0.4, 0.5) is 4.39 Å². The fourth-order valence-electron chi connectivity index (χ4n) is 3.09. The summed E-state index contributed by atoms with van der Waals surface area (Å²) >= 11 is 0. The summed E-state index contributed by atoms with van der Waals surface area (Å²) < 4.78 is 13.5. The van der Waals surface area contributed by atoms with Crippen molar-refractivity contribution >= 4 is 16.8 Å². The fourth-order valence-corrected chi connectivity index (χ4v) is 3.09. The van der Waals surface area contributed by atoms with Crippen molar-refractivity contribution in [2.45, 2.75) is 33.6 Å². The Morgan fingerprint density at radius 2 is 2.00 bits per heavy atom. The maximum Gasteiger partial charge on any atom is 0.254 e. The van der Waals surface area contributed by atoms with Gasteiger partial charge in [-0.2, -0.15) is 0 Å². The molecular formula is C19H21FN4O2. The van der Waals surface area contributed by atoms with Crippen molar-refractivity contribution in [1.82, 2.24) is 20.3 Å². The smallest absolute Gasteiger partial charge is 0.254 e. The number of carbonyl (C=O) groups excluding carboxylic acids is 1. The summed E-state index contributed by atoms with van der Waals surface area (Å²) in [6, 6.07) is 4.63. The summed E-state index contributed by atoms with van der Waals surface area (Å²) in [5, 5.41) is 3.68. The molecule has 0 spiro atoms. The van der Waals surface area contributed by atoms with Crippen LogP contribution in [-0.4, -0.2) is 27.4 Å². The van der Waals surface area contributed by atoms with Crippen molar-refractivity contribution in [3.63, 3.8) is 0 Å². The largest absolute Gasteiger partial charge is 0.358 e. The number of fused-ring (bicyclic) bond motifs is 1. The van der Waals surface area contributed by atoms with Crippen LogP contribution in [0.2, 0.25) is 0 Å². The van der Waals surface area contributed by atoms with E-state index in [9.17, 15) is 14.0 Å². The molecule has 0 aliphatic rings. The number of aromatic amines is 2. The van der Waals surface area contributed by atoms with E-state index >= 15 is 0 Å². The molecule has 6 nitrogen and oxygen atoms in total. The standard InChI is InChI=1S/C19H21FN4O2/c1-10-17(23-12(3)24-19(10)26)9-18(25)21-7-6-14-11(2)22-16-5-4-13(20)8-15(14)16/h4-5,8,22H,6-7,9H2,1-3H3,(H,21,25)(H,23,24,26). The third-order valence-corrected chi connectivity index (χ3v) is 4.48. The van der Waals surface area contributed by atoms with Crippen molar-refractivity contribution < 1.29 is 9.18 Å². The minimum atomic E-state index is -0.284. The molecule has 7 heteroatoms. The summed E-state index contributed by atoms with van der Waals surface area (Å²) in [4.78, 5) is 34.0. The molecule has 2 heterocycles. The van der Waals surface area contributed by atoms with Gasteiger partial charge in [-0.3, -0.25) is 9.59 Å². The van der Waals surface area contributed by atoms with Gasteiger partial charge in [-0.1, -0.05) is 0 Å². The molecule has 0 saturated carbocycles. The molecule has 0 radical (unpaired) electrons. The molecule has 0 saturated heterocycles. The Morgan fingerprint density at radius 1 is 1.23 bits per heavy atom. The highest BCUT2D eigenvalue weighted by Crippen LogP contribution is 2.23. The maximum absolute atomic E-state index is 13.5. The Balaban J connectivity index is 1.65. The van der Waals surface area contributed by atoms with Gasteiger partial charge in [-0.15, -0.1) is 0 Å². The highest BCUT2D eigenvalue weighted by molar-refractivity contribution is 5.85. The molecule has 3 N–H and O–H groups in total. The average Bonchev–Trinajstić information content (AvgIpc) is 2.87. The van der Waals surface area contributed by atoms with E-state index in [2.05, 4.69) is 20.3 Å². The number of aryl methyl sites for hydroxylation is 2. The highest BCUT2D eigenvalue weighted by atomic mass is 19.1. The van der Waals surface area contributed by atoms with E-state index in [-0.39, 0.29) is 23.7 Å². The molecule has 1 amide bonds. The Kier molecular flexibility index (Phi) is 4.88. The zero-order valence-electron chi connectivity index (χ0n) is 15.0. The Hall–Kier alpha value is -2.96. The van der Waals surface area contributed by atoms with Gasteiger partial charge in [0.25, 0.3) is 5.56 Å². The van der Waals surface area contributed by atoms with Gasteiger partial charge in [0, 0.05) is 28.7 Å². The van der Waals surface area contributed by atoms with Gasteiger partial charge in [0.05, 0.1) is 12.1 Å². The van der Waals surface area contributed by atoms with E-state index in [0.717, 1.165) is 22.2 Å². The van der Waals surface area contributed by atoms with Crippen molar-refractivity contribution in [1.29, 1.82) is 0 Å². The lowest BCUT2D eigenvalue weighted by Gasteiger charge is -2.08. The molecule has 3 rings (SSSR count). The number of hydrogen-bond acceptors (Lipinski definition) is 3. The molecule has 136 valence electrons. The topological polar surface area (TPSA) is 90.6 Å². The monoisotopic (exact) mass is 356 g/mol. The van der Waals surface area contributed by atoms with Crippen molar-refractivity contribution in [3.05, 3.63) is 62.7 Å². The first-order valence-corrected chi connectivity index (χ1v) is 8.45. The van der Waals surface area contributed by atoms with Gasteiger partial charge in [0.2, 0.25) is 5.91 Å². The van der Waals surface area contributed by atoms with Crippen molar-refractivity contribution in [2.24, 2.45) is 0 Å². The van der Waals surface area contributed by atoms with Crippen LogP contribution >= 0.6 is 0 Å². The van der Waals surface area contributed by atoms with E-state index in [1.807, 2.05) is 6.92 Å². The molecule has 0 atom stereocenters. The lowest BCUT2D eigenvalue weighted by Crippen LogP contribution is -2.29. The third kappa shape index (κ3) is 3.66. The Labute approximate surface area is 149 Å². The van der Waals surface area contributed by atoms with Gasteiger partial charge in [0.15, 0.2) is 0 Å². The minimum absolute atomic E-state index is 0.0537. The zero-order chi connectivity index (χ0) is 18.8. The second-order valence-corrected chi connectivity index (χ2v) is 6.42. The van der Waals surface area contributed by atoms with Crippen molar-refractivity contribution in [3.8, 4) is 0 Å². The van der Waals surface area contributed by atoms with Crippen LogP contribution in [0.15, 0.2) is 23.0 Å². The number of aromatic nitrogens is 3. The summed E-state index contributed by atoms with van der Waals surface area (Å²) in [6.07, 6.45) is 0.639. The minimum Gasteiger partial charge on any atom is -0.358 e. The number of halogens is 1. The summed E-state index contributed by atoms with van der Waals surface area (Å²) in [6.45, 7) is 5.69. The SMILES string of the molecule is Cc1nc(CC(=O)NCCc2c(C)[nH]c3ccc(F)cc23)c(C)c(=O)[nH]1. The highest BCUT2D eigenvalue weighted by Gasteiger charge is 2.12. The molecule has 0 unspecified atom stereocenters. The number of rotatable bonds is 5. The van der Waals surface area contributed by atoms with Gasteiger partial charge in [0.1, 0.15) is 11.6 Å². The molecule has 0 aliphatic carbocycles. The molecule has 1 aromatic carbocycles. The van der Waals surface area contributed by atoms with Gasteiger partial charge in [-0.25, -0.2) is 9.37 Å². The number of hydrogen-bond donors (Lipinski definition) is 3. The summed E-state index contributed by atoms with van der Waals surface area (Å²) in [7, 11) is 0. The van der Waals surface area contributed by atoms with Crippen LogP contribution in [0.5, 0.6) is 0 Å². The molecule has 2 aromatic heterocycles. The second-order valence-electron chi connectivity index (χ2n) is 6.42. The zero-order valence-corrected chi connectivity index (χ0v) is 15.0. The summed E-state index contributed by atoms with van der Waals surface area (Å²) in [5.41, 5.74) is 3.53. The Bertz CT molecular complexity index is 1040. The molecule has 0 aliphatic heterocycles. The van der Waals surface area contributed by atoms with E-state index in [1.165, 1.54) is 12.1 Å². The first kappa shape index (κ1) is 17.8. The third-order valence-electron chi connectivity index (χ3n) is 4.48. The van der Waals surface area contributed by atoms with Crippen LogP contribution in [0.25, 0.3) is 10.9 Å². The number of carbonyl (C=O) groups is 1. The molecule has 26 heavy (non-hydrogen) atoms. The lowest BCUT2D eigenvalue weighted by molar-refractivity contribution is -0.120. The molecule has 0 fully saturated rings. The number of amides is 1. The molecule has 3 aromatic rings. The predicted octanol–water partition coefficient (Wildman–Crippen LogP) is 2.22. The van der Waals surface area contributed by atoms with Crippen LogP contribution in [-0.2, 0) is 17.6 Å². The maximum atomic E-state index is 13.5. The van der Waals surface area contributed by atoms with Gasteiger partial charge < -0.3 is 15.3 Å². The number of H-pyrrole nitrogens is 2. The van der Waals surface area contributed by atoms with Gasteiger partial charge >= 0.3 is 0 Å². The first-order chi connectivity index (χ1) is 12.3. The quantitative estimate of drug-likeness (QED) is 0.655. The predicted molar refractivity (Wildman–Crippen MR) is 97.7 cm³/mol. The Morgan fingerprint density at radius 3 is 2.77 bits per heavy atom. The number of nitrogens with one attached hydrogen (secondary N) is 3. The first-order valence-electron chi connectivity index (χ1n) is 8.45. The lowest BCUT2D eigenvalue weighted by atomic mass is 10.1. The normalized spacial score (nSPS) is 11.1. The van der Waals surface area contributed by atoms with E-state index in [1.54, 1.807) is 19.9 Å². The average molecular weight is 356 g/mol. The molecular weight excluding hydrogens is 335 g/mol. The summed E-state index contributed by atoms with van der Waals surface area (Å²) in [5.74, 6) is 0.00197. The number of benzene rings is 1. The van der Waals surface area contributed by atoms with Crippen LogP contribution in [0.1, 0.15) is 28.3 Å². The van der Waals surface area contributed by atoms with Crippen LogP contribution in [0.3, 0.4) is 0 Å². The second kappa shape index (κ2) is 7.11. The van der Waals surface area contributed by atoms with Crippen molar-refractivity contribution in [2.75, 3.05) is 6.54 Å². The van der Waals surface area contributed by atoms with E-state index in [4.69, 9.17) is 0 Å². The number of nitrogens with zero attached hydrogens (tertiary/aromatic N) is 1. The van der Waals surface area contributed by atoms with E-state index < -0.39 is 0 Å².